The largest absolute Gasteiger partial charge is 0.342 e. The topological polar surface area (TPSA) is 126 Å². The lowest BCUT2D eigenvalue weighted by Gasteiger charge is -2.49. The third-order valence-corrected chi connectivity index (χ3v) is 5.93. The van der Waals surface area contributed by atoms with E-state index in [0.717, 1.165) is 31.4 Å². The molecule has 2 aliphatic rings. The maximum absolute atomic E-state index is 13.0. The third-order valence-electron chi connectivity index (χ3n) is 5.93. The Balaban J connectivity index is 1.37. The highest BCUT2D eigenvalue weighted by Gasteiger charge is 2.47. The smallest absolute Gasteiger partial charge is 0.317 e. The number of hydrogen-bond donors (Lipinski definition) is 4. The van der Waals surface area contributed by atoms with E-state index < -0.39 is 5.54 Å². The molecule has 1 saturated carbocycles. The molecule has 0 unspecified atom stereocenters. The molecular weight excluding hydrogens is 394 g/mol. The van der Waals surface area contributed by atoms with Crippen molar-refractivity contribution in [3.8, 4) is 6.07 Å². The van der Waals surface area contributed by atoms with Crippen molar-refractivity contribution in [2.24, 2.45) is 0 Å². The van der Waals surface area contributed by atoms with Crippen molar-refractivity contribution in [1.29, 1.82) is 5.26 Å². The Morgan fingerprint density at radius 1 is 1.19 bits per heavy atom. The van der Waals surface area contributed by atoms with Crippen LogP contribution in [0, 0.1) is 11.3 Å². The highest BCUT2D eigenvalue weighted by Crippen LogP contribution is 2.27. The molecule has 2 aromatic rings. The molecule has 0 atom stereocenters. The third kappa shape index (κ3) is 4.79. The van der Waals surface area contributed by atoms with E-state index in [2.05, 4.69) is 32.2 Å². The minimum Gasteiger partial charge on any atom is -0.342 e. The number of benzene rings is 1. The van der Waals surface area contributed by atoms with Crippen molar-refractivity contribution in [1.82, 2.24) is 25.7 Å². The van der Waals surface area contributed by atoms with E-state index >= 15 is 0 Å². The van der Waals surface area contributed by atoms with E-state index in [1.807, 2.05) is 30.3 Å². The zero-order valence-electron chi connectivity index (χ0n) is 17.4. The van der Waals surface area contributed by atoms with Gasteiger partial charge in [0.05, 0.1) is 24.2 Å². The molecule has 0 spiro atoms. The second kappa shape index (κ2) is 9.08. The molecule has 4 rings (SSSR count). The molecule has 2 fully saturated rings. The number of nitriles is 1. The molecule has 0 radical (unpaired) electrons. The van der Waals surface area contributed by atoms with Crippen LogP contribution in [0.15, 0.2) is 36.5 Å². The van der Waals surface area contributed by atoms with Crippen molar-refractivity contribution < 1.29 is 9.59 Å². The average Bonchev–Trinajstić information content (AvgIpc) is 3.21. The van der Waals surface area contributed by atoms with E-state index in [4.69, 9.17) is 0 Å². The van der Waals surface area contributed by atoms with Crippen LogP contribution in [0.3, 0.4) is 0 Å². The molecule has 0 bridgehead atoms. The molecule has 162 valence electrons. The van der Waals surface area contributed by atoms with Gasteiger partial charge in [0.1, 0.15) is 11.4 Å². The second-order valence-electron chi connectivity index (χ2n) is 8.36. The number of aromatic nitrogens is 2. The molecule has 4 N–H and O–H groups in total. The van der Waals surface area contributed by atoms with Gasteiger partial charge in [-0.1, -0.05) is 37.5 Å². The number of nitrogens with zero attached hydrogens (tertiary/aromatic N) is 3. The normalized spacial score (nSPS) is 17.8. The average molecular weight is 422 g/mol. The van der Waals surface area contributed by atoms with Gasteiger partial charge < -0.3 is 20.9 Å². The number of carbonyl (C=O) groups is 2. The van der Waals surface area contributed by atoms with Gasteiger partial charge in [-0.15, -0.1) is 0 Å². The van der Waals surface area contributed by atoms with Crippen LogP contribution in [-0.4, -0.2) is 51.7 Å². The van der Waals surface area contributed by atoms with Crippen molar-refractivity contribution in [3.63, 3.8) is 0 Å². The van der Waals surface area contributed by atoms with Crippen LogP contribution in [0.2, 0.25) is 0 Å². The quantitative estimate of drug-likeness (QED) is 0.571. The zero-order valence-corrected chi connectivity index (χ0v) is 17.4. The first-order valence-corrected chi connectivity index (χ1v) is 10.7. The summed E-state index contributed by atoms with van der Waals surface area (Å²) < 4.78 is 0. The lowest BCUT2D eigenvalue weighted by molar-refractivity contribution is 0.0562. The van der Waals surface area contributed by atoms with Crippen LogP contribution in [-0.2, 0) is 0 Å². The minimum atomic E-state index is -0.753. The Hall–Kier alpha value is -3.54. The number of carbonyl (C=O) groups excluding carboxylic acids is 2. The SMILES string of the molecule is N#CCC1(NC(=O)c2cn[nH]c2Nc2ccccc2)CN(C(=O)NC2CCCCC2)C1. The summed E-state index contributed by atoms with van der Waals surface area (Å²) in [6, 6.07) is 11.7. The number of aromatic amines is 1. The zero-order chi connectivity index (χ0) is 21.7. The van der Waals surface area contributed by atoms with Gasteiger partial charge in [-0.2, -0.15) is 10.4 Å². The summed E-state index contributed by atoms with van der Waals surface area (Å²) >= 11 is 0. The number of anilines is 2. The molecule has 31 heavy (non-hydrogen) atoms. The Morgan fingerprint density at radius 3 is 2.65 bits per heavy atom. The standard InChI is InChI=1S/C22H27N7O2/c23-12-11-22(14-29(15-22)21(31)26-17-9-5-2-6-10-17)27-20(30)18-13-24-28-19(18)25-16-7-3-1-4-8-16/h1,3-4,7-8,13,17H,2,5-6,9-11,14-15H2,(H,26,31)(H,27,30)(H2,24,25,28). The Morgan fingerprint density at radius 2 is 1.94 bits per heavy atom. The van der Waals surface area contributed by atoms with Crippen molar-refractivity contribution >= 4 is 23.4 Å². The van der Waals surface area contributed by atoms with E-state index in [-0.39, 0.29) is 24.4 Å². The number of para-hydroxylation sites is 1. The molecule has 9 heteroatoms. The summed E-state index contributed by atoms with van der Waals surface area (Å²) in [6.45, 7) is 0.619. The predicted octanol–water partition coefficient (Wildman–Crippen LogP) is 2.89. The first-order valence-electron chi connectivity index (χ1n) is 10.7. The lowest BCUT2D eigenvalue weighted by atomic mass is 9.86. The lowest BCUT2D eigenvalue weighted by Crippen LogP contribution is -2.72. The highest BCUT2D eigenvalue weighted by molar-refractivity contribution is 5.99. The van der Waals surface area contributed by atoms with Gasteiger partial charge in [0.15, 0.2) is 0 Å². The number of amides is 3. The summed E-state index contributed by atoms with van der Waals surface area (Å²) in [5, 5.41) is 25.3. The molecular formula is C22H27N7O2. The Bertz CT molecular complexity index is 954. The fourth-order valence-corrected chi connectivity index (χ4v) is 4.25. The van der Waals surface area contributed by atoms with Gasteiger partial charge in [-0.25, -0.2) is 4.79 Å². The molecule has 9 nitrogen and oxygen atoms in total. The summed E-state index contributed by atoms with van der Waals surface area (Å²) in [4.78, 5) is 27.2. The molecule has 3 amide bonds. The fraction of sp³-hybridized carbons (Fsp3) is 0.455. The van der Waals surface area contributed by atoms with Gasteiger partial charge in [0, 0.05) is 24.8 Å². The minimum absolute atomic E-state index is 0.121. The van der Waals surface area contributed by atoms with Gasteiger partial charge in [0.2, 0.25) is 0 Å². The first kappa shape index (κ1) is 20.7. The number of rotatable bonds is 6. The van der Waals surface area contributed by atoms with E-state index in [9.17, 15) is 14.9 Å². The van der Waals surface area contributed by atoms with E-state index in [0.29, 0.717) is 24.5 Å². The van der Waals surface area contributed by atoms with Crippen molar-refractivity contribution in [2.45, 2.75) is 50.1 Å². The molecule has 1 aliphatic carbocycles. The van der Waals surface area contributed by atoms with Crippen LogP contribution in [0.1, 0.15) is 48.9 Å². The Labute approximate surface area is 181 Å². The summed E-state index contributed by atoms with van der Waals surface area (Å²) in [7, 11) is 0. The van der Waals surface area contributed by atoms with Crippen LogP contribution in [0.4, 0.5) is 16.3 Å². The molecule has 1 aromatic carbocycles. The fourth-order valence-electron chi connectivity index (χ4n) is 4.25. The highest BCUT2D eigenvalue weighted by atomic mass is 16.2. The van der Waals surface area contributed by atoms with Crippen LogP contribution in [0.5, 0.6) is 0 Å². The maximum atomic E-state index is 13.0. The van der Waals surface area contributed by atoms with Crippen molar-refractivity contribution in [2.75, 3.05) is 18.4 Å². The van der Waals surface area contributed by atoms with Crippen LogP contribution >= 0.6 is 0 Å². The Kier molecular flexibility index (Phi) is 6.07. The molecule has 2 heterocycles. The number of hydrogen-bond acceptors (Lipinski definition) is 5. The summed E-state index contributed by atoms with van der Waals surface area (Å²) in [5.41, 5.74) is 0.421. The van der Waals surface area contributed by atoms with Gasteiger partial charge in [-0.3, -0.25) is 9.89 Å². The summed E-state index contributed by atoms with van der Waals surface area (Å²) in [5.74, 6) is 0.136. The number of H-pyrrole nitrogens is 1. The van der Waals surface area contributed by atoms with Gasteiger partial charge >= 0.3 is 6.03 Å². The van der Waals surface area contributed by atoms with E-state index in [1.54, 1.807) is 4.90 Å². The first-order chi connectivity index (χ1) is 15.1. The van der Waals surface area contributed by atoms with Gasteiger partial charge in [-0.05, 0) is 25.0 Å². The van der Waals surface area contributed by atoms with Crippen molar-refractivity contribution in [3.05, 3.63) is 42.1 Å². The molecule has 1 aromatic heterocycles. The number of urea groups is 1. The number of nitrogens with one attached hydrogen (secondary N) is 4. The number of likely N-dealkylation sites (tertiary alicyclic amines) is 1. The molecule has 1 aliphatic heterocycles. The predicted molar refractivity (Wildman–Crippen MR) is 116 cm³/mol. The maximum Gasteiger partial charge on any atom is 0.317 e. The summed E-state index contributed by atoms with van der Waals surface area (Å²) in [6.07, 6.45) is 7.11. The van der Waals surface area contributed by atoms with Gasteiger partial charge in [0.25, 0.3) is 5.91 Å². The molecule has 1 saturated heterocycles. The monoisotopic (exact) mass is 421 g/mol. The second-order valence-corrected chi connectivity index (χ2v) is 8.36. The van der Waals surface area contributed by atoms with E-state index in [1.165, 1.54) is 12.6 Å². The van der Waals surface area contributed by atoms with Crippen LogP contribution in [0.25, 0.3) is 0 Å². The van der Waals surface area contributed by atoms with Crippen LogP contribution < -0.4 is 16.0 Å².